The molecule has 1 heterocycles. The van der Waals surface area contributed by atoms with Crippen molar-refractivity contribution in [3.8, 4) is 0 Å². The second-order valence-electron chi connectivity index (χ2n) is 4.34. The maximum Gasteiger partial charge on any atom is 0.0642 e. The molecule has 1 aromatic carbocycles. The average Bonchev–Trinajstić information content (AvgIpc) is 2.39. The lowest BCUT2D eigenvalue weighted by atomic mass is 10.2. The van der Waals surface area contributed by atoms with E-state index in [0.717, 1.165) is 43.1 Å². The summed E-state index contributed by atoms with van der Waals surface area (Å²) in [4.78, 5) is 4.85. The summed E-state index contributed by atoms with van der Waals surface area (Å²) in [6.45, 7) is 7.76. The molecule has 2 nitrogen and oxygen atoms in total. The molecule has 0 atom stereocenters. The first-order valence-corrected chi connectivity index (χ1v) is 7.56. The molecule has 0 N–H and O–H groups in total. The number of rotatable bonds is 3. The average molecular weight is 318 g/mol. The van der Waals surface area contributed by atoms with Gasteiger partial charge in [0, 0.05) is 31.5 Å². The summed E-state index contributed by atoms with van der Waals surface area (Å²) >= 11 is 9.79. The molecule has 0 amide bonds. The van der Waals surface area contributed by atoms with Crippen LogP contribution in [0.25, 0.3) is 0 Å². The summed E-state index contributed by atoms with van der Waals surface area (Å²) in [5.74, 6) is 0. The highest BCUT2D eigenvalue weighted by molar-refractivity contribution is 9.08. The zero-order valence-corrected chi connectivity index (χ0v) is 12.5. The molecule has 94 valence electrons. The SMILES string of the molecule is CCN1CCN(c2ccc(CBr)cc2Cl)CC1. The first-order valence-electron chi connectivity index (χ1n) is 6.06. The topological polar surface area (TPSA) is 6.48 Å². The molecule has 0 aliphatic carbocycles. The number of nitrogens with zero attached hydrogens (tertiary/aromatic N) is 2. The first-order chi connectivity index (χ1) is 8.24. The van der Waals surface area contributed by atoms with Crippen molar-refractivity contribution in [3.05, 3.63) is 28.8 Å². The van der Waals surface area contributed by atoms with Gasteiger partial charge in [-0.15, -0.1) is 0 Å². The summed E-state index contributed by atoms with van der Waals surface area (Å²) in [5, 5.41) is 1.73. The van der Waals surface area contributed by atoms with E-state index in [1.165, 1.54) is 11.3 Å². The van der Waals surface area contributed by atoms with Gasteiger partial charge in [0.25, 0.3) is 0 Å². The van der Waals surface area contributed by atoms with Crippen LogP contribution >= 0.6 is 27.5 Å². The Balaban J connectivity index is 2.08. The predicted octanol–water partition coefficient (Wildman–Crippen LogP) is 3.38. The maximum absolute atomic E-state index is 6.34. The van der Waals surface area contributed by atoms with E-state index in [-0.39, 0.29) is 0 Å². The first kappa shape index (κ1) is 13.2. The summed E-state index contributed by atoms with van der Waals surface area (Å²) in [6.07, 6.45) is 0. The molecule has 4 heteroatoms. The highest BCUT2D eigenvalue weighted by Gasteiger charge is 2.17. The van der Waals surface area contributed by atoms with Crippen molar-refractivity contribution in [2.45, 2.75) is 12.3 Å². The predicted molar refractivity (Wildman–Crippen MR) is 78.4 cm³/mol. The van der Waals surface area contributed by atoms with Gasteiger partial charge in [-0.25, -0.2) is 0 Å². The monoisotopic (exact) mass is 316 g/mol. The van der Waals surface area contributed by atoms with E-state index in [0.29, 0.717) is 0 Å². The Morgan fingerprint density at radius 1 is 1.24 bits per heavy atom. The Morgan fingerprint density at radius 3 is 2.47 bits per heavy atom. The molecule has 1 aliphatic rings. The van der Waals surface area contributed by atoms with Gasteiger partial charge in [-0.05, 0) is 24.2 Å². The van der Waals surface area contributed by atoms with Gasteiger partial charge in [-0.1, -0.05) is 40.5 Å². The van der Waals surface area contributed by atoms with E-state index in [2.05, 4.69) is 50.9 Å². The Hall–Kier alpha value is -0.250. The molecule has 0 unspecified atom stereocenters. The van der Waals surface area contributed by atoms with Gasteiger partial charge in [-0.3, -0.25) is 0 Å². The number of anilines is 1. The van der Waals surface area contributed by atoms with Gasteiger partial charge >= 0.3 is 0 Å². The van der Waals surface area contributed by atoms with Gasteiger partial charge in [-0.2, -0.15) is 0 Å². The van der Waals surface area contributed by atoms with Crippen LogP contribution in [0, 0.1) is 0 Å². The van der Waals surface area contributed by atoms with E-state index in [1.54, 1.807) is 0 Å². The third-order valence-electron chi connectivity index (χ3n) is 3.33. The maximum atomic E-state index is 6.34. The minimum Gasteiger partial charge on any atom is -0.368 e. The second kappa shape index (κ2) is 6.07. The Bertz CT molecular complexity index is 376. The molecule has 0 saturated carbocycles. The van der Waals surface area contributed by atoms with Crippen LogP contribution in [0.15, 0.2) is 18.2 Å². The smallest absolute Gasteiger partial charge is 0.0642 e. The van der Waals surface area contributed by atoms with Gasteiger partial charge in [0.05, 0.1) is 10.7 Å². The van der Waals surface area contributed by atoms with E-state index in [9.17, 15) is 0 Å². The Labute approximate surface area is 117 Å². The quantitative estimate of drug-likeness (QED) is 0.789. The minimum absolute atomic E-state index is 0.858. The van der Waals surface area contributed by atoms with Crippen LogP contribution in [0.4, 0.5) is 5.69 Å². The molecule has 17 heavy (non-hydrogen) atoms. The van der Waals surface area contributed by atoms with Crippen molar-refractivity contribution in [1.82, 2.24) is 4.90 Å². The number of hydrogen-bond acceptors (Lipinski definition) is 2. The molecular formula is C13H18BrClN2. The molecule has 1 saturated heterocycles. The van der Waals surface area contributed by atoms with Crippen LogP contribution in [0.1, 0.15) is 12.5 Å². The van der Waals surface area contributed by atoms with Crippen LogP contribution in [-0.2, 0) is 5.33 Å². The highest BCUT2D eigenvalue weighted by atomic mass is 79.9. The fraction of sp³-hybridized carbons (Fsp3) is 0.538. The molecule has 1 aliphatic heterocycles. The van der Waals surface area contributed by atoms with Crippen molar-refractivity contribution in [2.75, 3.05) is 37.6 Å². The number of piperazine rings is 1. The molecule has 1 aromatic rings. The summed E-state index contributed by atoms with van der Waals surface area (Å²) < 4.78 is 0. The van der Waals surface area contributed by atoms with Crippen LogP contribution in [0.5, 0.6) is 0 Å². The second-order valence-corrected chi connectivity index (χ2v) is 5.31. The fourth-order valence-corrected chi connectivity index (χ4v) is 2.87. The molecule has 0 radical (unpaired) electrons. The van der Waals surface area contributed by atoms with E-state index in [1.807, 2.05) is 0 Å². The number of alkyl halides is 1. The van der Waals surface area contributed by atoms with Crippen molar-refractivity contribution < 1.29 is 0 Å². The lowest BCUT2D eigenvalue weighted by molar-refractivity contribution is 0.271. The van der Waals surface area contributed by atoms with Crippen LogP contribution in [0.2, 0.25) is 5.02 Å². The van der Waals surface area contributed by atoms with Crippen LogP contribution in [0.3, 0.4) is 0 Å². The number of benzene rings is 1. The third kappa shape index (κ3) is 3.15. The van der Waals surface area contributed by atoms with Gasteiger partial charge in [0.1, 0.15) is 0 Å². The largest absolute Gasteiger partial charge is 0.368 e. The third-order valence-corrected chi connectivity index (χ3v) is 4.28. The Kier molecular flexibility index (Phi) is 4.71. The van der Waals surface area contributed by atoms with E-state index < -0.39 is 0 Å². The minimum atomic E-state index is 0.858. The Morgan fingerprint density at radius 2 is 1.94 bits per heavy atom. The number of halogens is 2. The van der Waals surface area contributed by atoms with E-state index in [4.69, 9.17) is 11.6 Å². The van der Waals surface area contributed by atoms with Crippen molar-refractivity contribution in [1.29, 1.82) is 0 Å². The molecule has 0 aromatic heterocycles. The summed E-state index contributed by atoms with van der Waals surface area (Å²) in [7, 11) is 0. The van der Waals surface area contributed by atoms with Crippen molar-refractivity contribution in [3.63, 3.8) is 0 Å². The van der Waals surface area contributed by atoms with Crippen molar-refractivity contribution >= 4 is 33.2 Å². The number of likely N-dealkylation sites (N-methyl/N-ethyl adjacent to an activating group) is 1. The molecule has 0 bridgehead atoms. The summed E-state index contributed by atoms with van der Waals surface area (Å²) in [5.41, 5.74) is 2.40. The highest BCUT2D eigenvalue weighted by Crippen LogP contribution is 2.28. The summed E-state index contributed by atoms with van der Waals surface area (Å²) in [6, 6.07) is 6.33. The normalized spacial score (nSPS) is 17.5. The van der Waals surface area contributed by atoms with Gasteiger partial charge in [0.2, 0.25) is 0 Å². The van der Waals surface area contributed by atoms with Gasteiger partial charge < -0.3 is 9.80 Å². The molecule has 1 fully saturated rings. The fourth-order valence-electron chi connectivity index (χ4n) is 2.19. The van der Waals surface area contributed by atoms with Crippen molar-refractivity contribution in [2.24, 2.45) is 0 Å². The zero-order chi connectivity index (χ0) is 12.3. The van der Waals surface area contributed by atoms with Crippen LogP contribution in [-0.4, -0.2) is 37.6 Å². The molecular weight excluding hydrogens is 300 g/mol. The lowest BCUT2D eigenvalue weighted by Crippen LogP contribution is -2.46. The zero-order valence-electron chi connectivity index (χ0n) is 10.1. The lowest BCUT2D eigenvalue weighted by Gasteiger charge is -2.36. The standard InChI is InChI=1S/C13H18BrClN2/c1-2-16-5-7-17(8-6-16)13-4-3-11(10-14)9-12(13)15/h3-4,9H,2,5-8,10H2,1H3. The van der Waals surface area contributed by atoms with E-state index >= 15 is 0 Å². The van der Waals surface area contributed by atoms with Gasteiger partial charge in [0.15, 0.2) is 0 Å². The molecule has 2 rings (SSSR count). The number of hydrogen-bond donors (Lipinski definition) is 0. The molecule has 0 spiro atoms. The van der Waals surface area contributed by atoms with Crippen LogP contribution < -0.4 is 4.90 Å².